The van der Waals surface area contributed by atoms with Gasteiger partial charge in [-0.15, -0.1) is 0 Å². The molecule has 0 aliphatic carbocycles. The molecule has 1 aliphatic heterocycles. The first-order valence-electron chi connectivity index (χ1n) is 9.87. The van der Waals surface area contributed by atoms with Crippen LogP contribution in [-0.2, 0) is 5.41 Å². The topological polar surface area (TPSA) is 64.3 Å². The Morgan fingerprint density at radius 1 is 1.26 bits per heavy atom. The van der Waals surface area contributed by atoms with Crippen LogP contribution >= 0.6 is 0 Å². The highest BCUT2D eigenvalue weighted by Crippen LogP contribution is 2.35. The zero-order chi connectivity index (χ0) is 19.6. The Morgan fingerprint density at radius 2 is 2.04 bits per heavy atom. The molecule has 5 heteroatoms. The van der Waals surface area contributed by atoms with Crippen molar-refractivity contribution < 1.29 is 4.74 Å². The fraction of sp³-hybridized carbons (Fsp3) is 0.545. The average molecular weight is 369 g/mol. The molecule has 0 spiro atoms. The van der Waals surface area contributed by atoms with Crippen LogP contribution in [0.1, 0.15) is 46.6 Å². The lowest BCUT2D eigenvalue weighted by atomic mass is 9.85. The molecule has 1 aromatic heterocycles. The Hall–Kier alpha value is -2.14. The van der Waals surface area contributed by atoms with Crippen molar-refractivity contribution in [2.75, 3.05) is 24.5 Å². The quantitative estimate of drug-likeness (QED) is 0.864. The predicted molar refractivity (Wildman–Crippen MR) is 111 cm³/mol. The molecule has 2 heterocycles. The Labute approximate surface area is 163 Å². The maximum absolute atomic E-state index is 6.04. The summed E-state index contributed by atoms with van der Waals surface area (Å²) in [4.78, 5) is 11.6. The van der Waals surface area contributed by atoms with Crippen LogP contribution in [0.5, 0.6) is 5.75 Å². The minimum atomic E-state index is -0.0145. The van der Waals surface area contributed by atoms with E-state index < -0.39 is 0 Å². The molecule has 2 aromatic rings. The van der Waals surface area contributed by atoms with E-state index in [1.54, 1.807) is 0 Å². The van der Waals surface area contributed by atoms with E-state index in [1.807, 2.05) is 12.3 Å². The van der Waals surface area contributed by atoms with E-state index in [9.17, 15) is 0 Å². The lowest BCUT2D eigenvalue weighted by molar-refractivity contribution is 0.236. The van der Waals surface area contributed by atoms with Crippen molar-refractivity contribution in [2.24, 2.45) is 11.7 Å². The predicted octanol–water partition coefficient (Wildman–Crippen LogP) is 4.01. The van der Waals surface area contributed by atoms with E-state index in [1.165, 1.54) is 5.56 Å². The Kier molecular flexibility index (Phi) is 5.70. The zero-order valence-electron chi connectivity index (χ0n) is 17.2. The van der Waals surface area contributed by atoms with E-state index >= 15 is 0 Å². The number of hydrogen-bond acceptors (Lipinski definition) is 5. The molecule has 0 bridgehead atoms. The van der Waals surface area contributed by atoms with Gasteiger partial charge in [-0.05, 0) is 62.4 Å². The Morgan fingerprint density at radius 3 is 2.67 bits per heavy atom. The van der Waals surface area contributed by atoms with E-state index in [2.05, 4.69) is 62.7 Å². The van der Waals surface area contributed by atoms with E-state index in [4.69, 9.17) is 15.5 Å². The number of hydrogen-bond donors (Lipinski definition) is 1. The average Bonchev–Trinajstić information content (AvgIpc) is 3.10. The lowest BCUT2D eigenvalue weighted by Crippen LogP contribution is -2.24. The van der Waals surface area contributed by atoms with Gasteiger partial charge >= 0.3 is 0 Å². The highest BCUT2D eigenvalue weighted by molar-refractivity contribution is 5.64. The van der Waals surface area contributed by atoms with Crippen LogP contribution in [0.3, 0.4) is 0 Å². The molecule has 3 rings (SSSR count). The second kappa shape index (κ2) is 7.85. The fourth-order valence-corrected chi connectivity index (χ4v) is 3.50. The SMILES string of the molecule is CC(C)Oc1ccc(-c2ccnc(N3CCC(CN)C3)n2)cc1C(C)(C)C. The molecule has 0 amide bonds. The molecule has 0 saturated carbocycles. The van der Waals surface area contributed by atoms with Crippen molar-refractivity contribution in [1.82, 2.24) is 9.97 Å². The zero-order valence-corrected chi connectivity index (χ0v) is 17.2. The van der Waals surface area contributed by atoms with Gasteiger partial charge in [0.1, 0.15) is 5.75 Å². The molecular weight excluding hydrogens is 336 g/mol. The third-order valence-corrected chi connectivity index (χ3v) is 4.99. The minimum absolute atomic E-state index is 0.0145. The van der Waals surface area contributed by atoms with Gasteiger partial charge in [0, 0.05) is 30.4 Å². The maximum atomic E-state index is 6.04. The summed E-state index contributed by atoms with van der Waals surface area (Å²) in [7, 11) is 0. The summed E-state index contributed by atoms with van der Waals surface area (Å²) < 4.78 is 6.04. The second-order valence-corrected chi connectivity index (χ2v) is 8.71. The van der Waals surface area contributed by atoms with Crippen LogP contribution in [0.25, 0.3) is 11.3 Å². The summed E-state index contributed by atoms with van der Waals surface area (Å²) >= 11 is 0. The van der Waals surface area contributed by atoms with Gasteiger partial charge in [-0.1, -0.05) is 20.8 Å². The first-order valence-corrected chi connectivity index (χ1v) is 9.87. The van der Waals surface area contributed by atoms with Crippen LogP contribution in [0, 0.1) is 5.92 Å². The molecular formula is C22H32N4O. The summed E-state index contributed by atoms with van der Waals surface area (Å²) in [6.45, 7) is 13.4. The number of aromatic nitrogens is 2. The molecule has 5 nitrogen and oxygen atoms in total. The molecule has 1 atom stereocenters. The highest BCUT2D eigenvalue weighted by atomic mass is 16.5. The van der Waals surface area contributed by atoms with E-state index in [0.717, 1.165) is 49.0 Å². The maximum Gasteiger partial charge on any atom is 0.225 e. The van der Waals surface area contributed by atoms with Crippen molar-refractivity contribution in [3.05, 3.63) is 36.0 Å². The van der Waals surface area contributed by atoms with Gasteiger partial charge < -0.3 is 15.4 Å². The summed E-state index contributed by atoms with van der Waals surface area (Å²) in [5.41, 5.74) is 9.03. The van der Waals surface area contributed by atoms with Crippen molar-refractivity contribution in [1.29, 1.82) is 0 Å². The first-order chi connectivity index (χ1) is 12.8. The molecule has 2 N–H and O–H groups in total. The van der Waals surface area contributed by atoms with Crippen LogP contribution in [0.4, 0.5) is 5.95 Å². The molecule has 1 unspecified atom stereocenters. The first kappa shape index (κ1) is 19.6. The second-order valence-electron chi connectivity index (χ2n) is 8.71. The number of benzene rings is 1. The van der Waals surface area contributed by atoms with Gasteiger partial charge in [0.15, 0.2) is 0 Å². The fourth-order valence-electron chi connectivity index (χ4n) is 3.50. The van der Waals surface area contributed by atoms with Crippen molar-refractivity contribution in [2.45, 2.75) is 52.6 Å². The lowest BCUT2D eigenvalue weighted by Gasteiger charge is -2.25. The number of rotatable bonds is 5. The summed E-state index contributed by atoms with van der Waals surface area (Å²) in [5, 5.41) is 0. The standard InChI is InChI=1S/C22H32N4O/c1-15(2)27-20-7-6-17(12-18(20)22(3,4)5)19-8-10-24-21(25-19)26-11-9-16(13-23)14-26/h6-8,10,12,15-16H,9,11,13-14,23H2,1-5H3. The highest BCUT2D eigenvalue weighted by Gasteiger charge is 2.24. The van der Waals surface area contributed by atoms with Crippen molar-refractivity contribution >= 4 is 5.95 Å². The molecule has 1 aromatic carbocycles. The molecule has 0 radical (unpaired) electrons. The molecule has 1 fully saturated rings. The number of ether oxygens (including phenoxy) is 1. The van der Waals surface area contributed by atoms with Crippen molar-refractivity contribution in [3.8, 4) is 17.0 Å². The normalized spacial score (nSPS) is 17.6. The largest absolute Gasteiger partial charge is 0.491 e. The van der Waals surface area contributed by atoms with Gasteiger partial charge in [-0.3, -0.25) is 0 Å². The third kappa shape index (κ3) is 4.59. The summed E-state index contributed by atoms with van der Waals surface area (Å²) in [6, 6.07) is 8.34. The molecule has 27 heavy (non-hydrogen) atoms. The van der Waals surface area contributed by atoms with Gasteiger partial charge in [-0.2, -0.15) is 0 Å². The van der Waals surface area contributed by atoms with Gasteiger partial charge in [0.2, 0.25) is 5.95 Å². The van der Waals surface area contributed by atoms with Crippen LogP contribution in [-0.4, -0.2) is 35.7 Å². The smallest absolute Gasteiger partial charge is 0.225 e. The Bertz CT molecular complexity index is 782. The van der Waals surface area contributed by atoms with Crippen LogP contribution in [0.2, 0.25) is 0 Å². The monoisotopic (exact) mass is 368 g/mol. The number of anilines is 1. The van der Waals surface area contributed by atoms with Crippen molar-refractivity contribution in [3.63, 3.8) is 0 Å². The molecule has 1 saturated heterocycles. The van der Waals surface area contributed by atoms with E-state index in [-0.39, 0.29) is 11.5 Å². The Balaban J connectivity index is 1.93. The summed E-state index contributed by atoms with van der Waals surface area (Å²) in [5.74, 6) is 2.28. The van der Waals surface area contributed by atoms with Crippen LogP contribution < -0.4 is 15.4 Å². The third-order valence-electron chi connectivity index (χ3n) is 4.99. The minimum Gasteiger partial charge on any atom is -0.491 e. The van der Waals surface area contributed by atoms with Crippen LogP contribution in [0.15, 0.2) is 30.5 Å². The van der Waals surface area contributed by atoms with Gasteiger partial charge in [0.25, 0.3) is 0 Å². The molecule has 1 aliphatic rings. The van der Waals surface area contributed by atoms with E-state index in [0.29, 0.717) is 5.92 Å². The summed E-state index contributed by atoms with van der Waals surface area (Å²) in [6.07, 6.45) is 3.11. The van der Waals surface area contributed by atoms with Gasteiger partial charge in [-0.25, -0.2) is 9.97 Å². The molecule has 146 valence electrons. The number of nitrogens with two attached hydrogens (primary N) is 1. The van der Waals surface area contributed by atoms with Gasteiger partial charge in [0.05, 0.1) is 11.8 Å². The number of nitrogens with zero attached hydrogens (tertiary/aromatic N) is 3.